The highest BCUT2D eigenvalue weighted by Gasteiger charge is 2.19. The molecular weight excluding hydrogens is 360 g/mol. The van der Waals surface area contributed by atoms with Crippen LogP contribution in [-0.4, -0.2) is 26.5 Å². The van der Waals surface area contributed by atoms with Crippen LogP contribution in [0.3, 0.4) is 0 Å². The van der Waals surface area contributed by atoms with E-state index in [0.29, 0.717) is 45.8 Å². The van der Waals surface area contributed by atoms with Crippen molar-refractivity contribution in [2.45, 2.75) is 6.61 Å². The molecule has 2 aromatic rings. The minimum atomic E-state index is -0.493. The van der Waals surface area contributed by atoms with Crippen molar-refractivity contribution in [3.05, 3.63) is 59.1 Å². The average Bonchev–Trinajstić information content (AvgIpc) is 3.13. The van der Waals surface area contributed by atoms with E-state index in [0.717, 1.165) is 0 Å². The number of ether oxygens (including phenoxy) is 5. The number of carbonyl (C=O) groups excluding carboxylic acids is 1. The molecule has 1 heterocycles. The van der Waals surface area contributed by atoms with Gasteiger partial charge in [0.25, 0.3) is 0 Å². The Hall–Kier alpha value is -2.86. The predicted octanol–water partition coefficient (Wildman–Crippen LogP) is 4.00. The summed E-state index contributed by atoms with van der Waals surface area (Å²) in [5.74, 6) is 1.50. The minimum absolute atomic E-state index is 0.0478. The molecule has 0 saturated carbocycles. The third-order valence-electron chi connectivity index (χ3n) is 3.61. The van der Waals surface area contributed by atoms with Crippen molar-refractivity contribution in [1.29, 1.82) is 0 Å². The highest BCUT2D eigenvalue weighted by atomic mass is 35.5. The molecule has 1 aliphatic rings. The number of halogens is 1. The Morgan fingerprint density at radius 2 is 2.12 bits per heavy atom. The predicted molar refractivity (Wildman–Crippen MR) is 95.4 cm³/mol. The van der Waals surface area contributed by atoms with Crippen molar-refractivity contribution < 1.29 is 28.5 Å². The Bertz CT molecular complexity index is 833. The van der Waals surface area contributed by atoms with E-state index in [1.807, 2.05) is 0 Å². The van der Waals surface area contributed by atoms with Crippen LogP contribution in [-0.2, 0) is 11.3 Å². The van der Waals surface area contributed by atoms with E-state index in [1.165, 1.54) is 7.11 Å². The van der Waals surface area contributed by atoms with Gasteiger partial charge in [-0.3, -0.25) is 0 Å². The van der Waals surface area contributed by atoms with Gasteiger partial charge in [-0.1, -0.05) is 24.3 Å². The third-order valence-corrected chi connectivity index (χ3v) is 3.89. The second-order valence-corrected chi connectivity index (χ2v) is 5.76. The molecule has 0 aliphatic carbocycles. The van der Waals surface area contributed by atoms with Gasteiger partial charge < -0.3 is 23.7 Å². The number of benzene rings is 2. The van der Waals surface area contributed by atoms with E-state index in [2.05, 4.69) is 6.58 Å². The highest BCUT2D eigenvalue weighted by molar-refractivity contribution is 6.32. The molecule has 0 radical (unpaired) electrons. The lowest BCUT2D eigenvalue weighted by Crippen LogP contribution is -2.06. The molecule has 0 fully saturated rings. The lowest BCUT2D eigenvalue weighted by Gasteiger charge is -2.11. The van der Waals surface area contributed by atoms with Crippen LogP contribution in [0.5, 0.6) is 23.0 Å². The van der Waals surface area contributed by atoms with Crippen LogP contribution in [0.25, 0.3) is 0 Å². The summed E-state index contributed by atoms with van der Waals surface area (Å²) in [6, 6.07) is 8.23. The summed E-state index contributed by atoms with van der Waals surface area (Å²) in [4.78, 5) is 12.3. The van der Waals surface area contributed by atoms with Crippen LogP contribution in [0, 0.1) is 0 Å². The molecule has 2 aromatic carbocycles. The van der Waals surface area contributed by atoms with Crippen LogP contribution in [0.4, 0.5) is 0 Å². The molecule has 136 valence electrons. The van der Waals surface area contributed by atoms with Crippen LogP contribution < -0.4 is 18.9 Å². The molecule has 0 aromatic heterocycles. The summed E-state index contributed by atoms with van der Waals surface area (Å²) < 4.78 is 26.6. The summed E-state index contributed by atoms with van der Waals surface area (Å²) in [6.07, 6.45) is 1.62. The van der Waals surface area contributed by atoms with E-state index in [-0.39, 0.29) is 13.4 Å². The first kappa shape index (κ1) is 17.9. The van der Waals surface area contributed by atoms with Gasteiger partial charge in [0.15, 0.2) is 23.0 Å². The standard InChI is InChI=1S/C19H17ClO6/c1-3-6-23-15-5-4-13(9-16(15)22-2)19(21)24-10-12-7-14(20)18-17(8-12)25-11-26-18/h3-5,7-9H,1,6,10-11H2,2H3. The quantitative estimate of drug-likeness (QED) is 0.537. The Labute approximate surface area is 155 Å². The smallest absolute Gasteiger partial charge is 0.338 e. The first-order valence-corrected chi connectivity index (χ1v) is 8.17. The zero-order valence-electron chi connectivity index (χ0n) is 14.1. The molecule has 3 rings (SSSR count). The number of fused-ring (bicyclic) bond motifs is 1. The van der Waals surface area contributed by atoms with E-state index in [4.69, 9.17) is 35.3 Å². The van der Waals surface area contributed by atoms with Gasteiger partial charge in [0.2, 0.25) is 6.79 Å². The van der Waals surface area contributed by atoms with Crippen molar-refractivity contribution in [3.63, 3.8) is 0 Å². The summed E-state index contributed by atoms with van der Waals surface area (Å²) in [6.45, 7) is 4.10. The fourth-order valence-electron chi connectivity index (χ4n) is 2.40. The van der Waals surface area contributed by atoms with Crippen LogP contribution >= 0.6 is 11.6 Å². The van der Waals surface area contributed by atoms with Gasteiger partial charge in [-0.15, -0.1) is 0 Å². The fraction of sp³-hybridized carbons (Fsp3) is 0.211. The molecular formula is C19H17ClO6. The third kappa shape index (κ3) is 3.86. The lowest BCUT2D eigenvalue weighted by molar-refractivity contribution is 0.0472. The SMILES string of the molecule is C=CCOc1ccc(C(=O)OCc2cc(Cl)c3c(c2)OCO3)cc1OC. The van der Waals surface area contributed by atoms with Gasteiger partial charge in [0.1, 0.15) is 13.2 Å². The number of methoxy groups -OCH3 is 1. The Morgan fingerprint density at radius 3 is 2.88 bits per heavy atom. The Balaban J connectivity index is 1.68. The van der Waals surface area contributed by atoms with Crippen molar-refractivity contribution in [2.24, 2.45) is 0 Å². The molecule has 7 heteroatoms. The van der Waals surface area contributed by atoms with Gasteiger partial charge in [-0.05, 0) is 35.9 Å². The molecule has 0 spiro atoms. The van der Waals surface area contributed by atoms with Crippen molar-refractivity contribution in [1.82, 2.24) is 0 Å². The molecule has 0 bridgehead atoms. The number of esters is 1. The van der Waals surface area contributed by atoms with Crippen molar-refractivity contribution in [3.8, 4) is 23.0 Å². The number of hydrogen-bond donors (Lipinski definition) is 0. The van der Waals surface area contributed by atoms with Gasteiger partial charge in [-0.25, -0.2) is 4.79 Å². The first-order chi connectivity index (χ1) is 12.6. The summed E-state index contributed by atoms with van der Waals surface area (Å²) in [7, 11) is 1.50. The summed E-state index contributed by atoms with van der Waals surface area (Å²) in [5.41, 5.74) is 1.05. The van der Waals surface area contributed by atoms with Gasteiger partial charge in [0.05, 0.1) is 17.7 Å². The monoisotopic (exact) mass is 376 g/mol. The molecule has 1 aliphatic heterocycles. The Kier molecular flexibility index (Phi) is 5.53. The van der Waals surface area contributed by atoms with Crippen molar-refractivity contribution >= 4 is 17.6 Å². The topological polar surface area (TPSA) is 63.2 Å². The zero-order chi connectivity index (χ0) is 18.5. The van der Waals surface area contributed by atoms with Crippen LogP contribution in [0.15, 0.2) is 43.0 Å². The molecule has 0 amide bonds. The lowest BCUT2D eigenvalue weighted by atomic mass is 10.2. The average molecular weight is 377 g/mol. The number of rotatable bonds is 7. The largest absolute Gasteiger partial charge is 0.493 e. The normalized spacial score (nSPS) is 11.8. The van der Waals surface area contributed by atoms with E-state index >= 15 is 0 Å². The van der Waals surface area contributed by atoms with E-state index in [1.54, 1.807) is 36.4 Å². The summed E-state index contributed by atoms with van der Waals surface area (Å²) in [5, 5.41) is 0.413. The molecule has 0 N–H and O–H groups in total. The fourth-order valence-corrected chi connectivity index (χ4v) is 2.69. The molecule has 0 saturated heterocycles. The maximum atomic E-state index is 12.3. The van der Waals surface area contributed by atoms with Crippen LogP contribution in [0.2, 0.25) is 5.02 Å². The van der Waals surface area contributed by atoms with Gasteiger partial charge in [-0.2, -0.15) is 0 Å². The number of carbonyl (C=O) groups is 1. The zero-order valence-corrected chi connectivity index (χ0v) is 14.9. The number of hydrogen-bond acceptors (Lipinski definition) is 6. The van der Waals surface area contributed by atoms with Gasteiger partial charge in [0, 0.05) is 0 Å². The Morgan fingerprint density at radius 1 is 1.27 bits per heavy atom. The second kappa shape index (κ2) is 8.01. The maximum Gasteiger partial charge on any atom is 0.338 e. The van der Waals surface area contributed by atoms with Crippen LogP contribution in [0.1, 0.15) is 15.9 Å². The van der Waals surface area contributed by atoms with Crippen molar-refractivity contribution in [2.75, 3.05) is 20.5 Å². The highest BCUT2D eigenvalue weighted by Crippen LogP contribution is 2.40. The molecule has 26 heavy (non-hydrogen) atoms. The summed E-state index contributed by atoms with van der Waals surface area (Å²) >= 11 is 6.12. The van der Waals surface area contributed by atoms with Gasteiger partial charge >= 0.3 is 5.97 Å². The maximum absolute atomic E-state index is 12.3. The van der Waals surface area contributed by atoms with E-state index < -0.39 is 5.97 Å². The second-order valence-electron chi connectivity index (χ2n) is 5.35. The van der Waals surface area contributed by atoms with E-state index in [9.17, 15) is 4.79 Å². The molecule has 0 unspecified atom stereocenters. The molecule has 0 atom stereocenters. The molecule has 6 nitrogen and oxygen atoms in total. The minimum Gasteiger partial charge on any atom is -0.493 e. The first-order valence-electron chi connectivity index (χ1n) is 7.79.